The van der Waals surface area contributed by atoms with Crippen molar-refractivity contribution in [3.05, 3.63) is 41.8 Å². The number of hydrogen-bond acceptors (Lipinski definition) is 2. The van der Waals surface area contributed by atoms with Gasteiger partial charge in [0.05, 0.1) is 22.6 Å². The first-order valence-electron chi connectivity index (χ1n) is 4.87. The number of aryl methyl sites for hydroxylation is 1. The van der Waals surface area contributed by atoms with Crippen LogP contribution in [-0.2, 0) is 7.05 Å². The molecule has 0 bridgehead atoms. The molecule has 0 saturated heterocycles. The maximum Gasteiger partial charge on any atom is 0.156 e. The number of halogens is 1. The van der Waals surface area contributed by atoms with Gasteiger partial charge in [0.25, 0.3) is 0 Å². The monoisotopic (exact) mass is 232 g/mol. The Hall–Kier alpha value is -1.81. The molecule has 0 N–H and O–H groups in total. The quantitative estimate of drug-likeness (QED) is 0.646. The molecule has 0 amide bonds. The molecule has 4 nitrogen and oxygen atoms in total. The fraction of sp³-hybridized carbons (Fsp3) is 0.0909. The molecule has 0 aliphatic heterocycles. The van der Waals surface area contributed by atoms with Crippen LogP contribution in [0.5, 0.6) is 0 Å². The predicted molar refractivity (Wildman–Crippen MR) is 62.4 cm³/mol. The topological polar surface area (TPSA) is 35.1 Å². The van der Waals surface area contributed by atoms with E-state index in [1.807, 2.05) is 40.5 Å². The highest BCUT2D eigenvalue weighted by Gasteiger charge is 2.10. The molecule has 0 aliphatic rings. The molecular weight excluding hydrogens is 224 g/mol. The van der Waals surface area contributed by atoms with Gasteiger partial charge in [-0.2, -0.15) is 5.10 Å². The van der Waals surface area contributed by atoms with Gasteiger partial charge in [0.1, 0.15) is 0 Å². The lowest BCUT2D eigenvalue weighted by Gasteiger charge is -2.02. The van der Waals surface area contributed by atoms with Crippen LogP contribution in [0.3, 0.4) is 0 Å². The number of rotatable bonds is 1. The van der Waals surface area contributed by atoms with E-state index < -0.39 is 0 Å². The summed E-state index contributed by atoms with van der Waals surface area (Å²) in [4.78, 5) is 4.31. The van der Waals surface area contributed by atoms with Gasteiger partial charge in [0, 0.05) is 19.4 Å². The Morgan fingerprint density at radius 2 is 2.12 bits per heavy atom. The predicted octanol–water partition coefficient (Wildman–Crippen LogP) is 2.39. The first-order chi connectivity index (χ1) is 7.77. The molecule has 80 valence electrons. The lowest BCUT2D eigenvalue weighted by Crippen LogP contribution is -1.96. The molecule has 3 aromatic heterocycles. The van der Waals surface area contributed by atoms with Gasteiger partial charge < -0.3 is 0 Å². The lowest BCUT2D eigenvalue weighted by atomic mass is 10.3. The maximum absolute atomic E-state index is 6.07. The van der Waals surface area contributed by atoms with E-state index in [1.54, 1.807) is 12.4 Å². The summed E-state index contributed by atoms with van der Waals surface area (Å²) in [5, 5.41) is 4.79. The van der Waals surface area contributed by atoms with Crippen molar-refractivity contribution in [1.82, 2.24) is 19.2 Å². The normalized spacial score (nSPS) is 11.1. The first kappa shape index (κ1) is 9.42. The molecule has 0 aromatic carbocycles. The summed E-state index contributed by atoms with van der Waals surface area (Å²) in [6.07, 6.45) is 5.51. The van der Waals surface area contributed by atoms with Crippen LogP contribution in [0.1, 0.15) is 0 Å². The van der Waals surface area contributed by atoms with Crippen LogP contribution in [0.25, 0.3) is 17.0 Å². The van der Waals surface area contributed by atoms with E-state index in [0.29, 0.717) is 5.02 Å². The SMILES string of the molecule is Cn1nccc1-c1cnc2c(Cl)cccn12. The summed E-state index contributed by atoms with van der Waals surface area (Å²) in [7, 11) is 1.90. The highest BCUT2D eigenvalue weighted by Crippen LogP contribution is 2.23. The van der Waals surface area contributed by atoms with Crippen LogP contribution in [0.2, 0.25) is 5.02 Å². The van der Waals surface area contributed by atoms with Crippen molar-refractivity contribution in [3.8, 4) is 11.4 Å². The molecule has 16 heavy (non-hydrogen) atoms. The van der Waals surface area contributed by atoms with Crippen molar-refractivity contribution in [3.63, 3.8) is 0 Å². The zero-order valence-electron chi connectivity index (χ0n) is 8.63. The Labute approximate surface area is 97.1 Å². The number of fused-ring (bicyclic) bond motifs is 1. The van der Waals surface area contributed by atoms with E-state index >= 15 is 0 Å². The number of pyridine rings is 1. The van der Waals surface area contributed by atoms with Crippen LogP contribution in [0, 0.1) is 0 Å². The van der Waals surface area contributed by atoms with Crippen LogP contribution in [-0.4, -0.2) is 19.2 Å². The van der Waals surface area contributed by atoms with Gasteiger partial charge in [0.15, 0.2) is 5.65 Å². The van der Waals surface area contributed by atoms with E-state index in [9.17, 15) is 0 Å². The van der Waals surface area contributed by atoms with Crippen LogP contribution in [0.4, 0.5) is 0 Å². The van der Waals surface area contributed by atoms with E-state index in [1.165, 1.54) is 0 Å². The van der Waals surface area contributed by atoms with E-state index in [4.69, 9.17) is 11.6 Å². The van der Waals surface area contributed by atoms with Gasteiger partial charge in [-0.15, -0.1) is 0 Å². The van der Waals surface area contributed by atoms with Crippen molar-refractivity contribution in [1.29, 1.82) is 0 Å². The molecule has 3 aromatic rings. The summed E-state index contributed by atoms with van der Waals surface area (Å²) < 4.78 is 3.77. The van der Waals surface area contributed by atoms with Crippen LogP contribution >= 0.6 is 11.6 Å². The fourth-order valence-corrected chi connectivity index (χ4v) is 2.00. The minimum absolute atomic E-state index is 0.649. The Balaban J connectivity index is 2.34. The summed E-state index contributed by atoms with van der Waals surface area (Å²) in [6.45, 7) is 0. The smallest absolute Gasteiger partial charge is 0.156 e. The second kappa shape index (κ2) is 3.35. The number of nitrogens with zero attached hydrogens (tertiary/aromatic N) is 4. The molecule has 0 atom stereocenters. The van der Waals surface area contributed by atoms with Gasteiger partial charge in [-0.3, -0.25) is 9.08 Å². The standard InChI is InChI=1S/C11H9ClN4/c1-15-9(4-5-14-15)10-7-13-11-8(12)3-2-6-16(10)11/h2-7H,1H3. The van der Waals surface area contributed by atoms with Gasteiger partial charge in [-0.1, -0.05) is 11.6 Å². The van der Waals surface area contributed by atoms with Crippen molar-refractivity contribution >= 4 is 17.2 Å². The van der Waals surface area contributed by atoms with Crippen molar-refractivity contribution in [2.75, 3.05) is 0 Å². The molecule has 0 spiro atoms. The number of imidazole rings is 1. The highest BCUT2D eigenvalue weighted by molar-refractivity contribution is 6.33. The second-order valence-corrected chi connectivity index (χ2v) is 3.94. The first-order valence-corrected chi connectivity index (χ1v) is 5.25. The summed E-state index contributed by atoms with van der Waals surface area (Å²) >= 11 is 6.07. The van der Waals surface area contributed by atoms with Gasteiger partial charge in [-0.05, 0) is 18.2 Å². The third-order valence-electron chi connectivity index (χ3n) is 2.57. The molecule has 0 fully saturated rings. The molecule has 3 heterocycles. The van der Waals surface area contributed by atoms with Crippen LogP contribution in [0.15, 0.2) is 36.8 Å². The molecule has 0 radical (unpaired) electrons. The highest BCUT2D eigenvalue weighted by atomic mass is 35.5. The van der Waals surface area contributed by atoms with Crippen molar-refractivity contribution < 1.29 is 0 Å². The van der Waals surface area contributed by atoms with Gasteiger partial charge in [-0.25, -0.2) is 4.98 Å². The average Bonchev–Trinajstić information content (AvgIpc) is 2.84. The zero-order valence-corrected chi connectivity index (χ0v) is 9.39. The molecular formula is C11H9ClN4. The van der Waals surface area contributed by atoms with E-state index in [-0.39, 0.29) is 0 Å². The fourth-order valence-electron chi connectivity index (χ4n) is 1.79. The lowest BCUT2D eigenvalue weighted by molar-refractivity contribution is 0.772. The summed E-state index contributed by atoms with van der Waals surface area (Å²) in [5.74, 6) is 0. The van der Waals surface area contributed by atoms with Crippen molar-refractivity contribution in [2.24, 2.45) is 7.05 Å². The largest absolute Gasteiger partial charge is 0.297 e. The minimum atomic E-state index is 0.649. The zero-order chi connectivity index (χ0) is 11.1. The molecule has 0 saturated carbocycles. The average molecular weight is 233 g/mol. The Kier molecular flexibility index (Phi) is 1.97. The molecule has 0 aliphatic carbocycles. The van der Waals surface area contributed by atoms with E-state index in [0.717, 1.165) is 17.0 Å². The Bertz CT molecular complexity index is 653. The minimum Gasteiger partial charge on any atom is -0.297 e. The van der Waals surface area contributed by atoms with E-state index in [2.05, 4.69) is 10.1 Å². The van der Waals surface area contributed by atoms with Gasteiger partial charge in [0.2, 0.25) is 0 Å². The van der Waals surface area contributed by atoms with Crippen LogP contribution < -0.4 is 0 Å². The summed E-state index contributed by atoms with van der Waals surface area (Å²) in [6, 6.07) is 5.68. The molecule has 5 heteroatoms. The second-order valence-electron chi connectivity index (χ2n) is 3.53. The Morgan fingerprint density at radius 3 is 2.88 bits per heavy atom. The third-order valence-corrected chi connectivity index (χ3v) is 2.87. The molecule has 0 unspecified atom stereocenters. The maximum atomic E-state index is 6.07. The molecule has 3 rings (SSSR count). The Morgan fingerprint density at radius 1 is 1.25 bits per heavy atom. The number of aromatic nitrogens is 4. The van der Waals surface area contributed by atoms with Crippen molar-refractivity contribution in [2.45, 2.75) is 0 Å². The third kappa shape index (κ3) is 1.23. The number of hydrogen-bond donors (Lipinski definition) is 0. The summed E-state index contributed by atoms with van der Waals surface area (Å²) in [5.41, 5.74) is 2.76. The van der Waals surface area contributed by atoms with Gasteiger partial charge >= 0.3 is 0 Å².